The Morgan fingerprint density at radius 1 is 0.704 bits per heavy atom. The molecule has 0 aromatic heterocycles. The number of fused-ring (bicyclic) bond motifs is 4. The van der Waals surface area contributed by atoms with Gasteiger partial charge in [0.15, 0.2) is 0 Å². The molecule has 5 rings (SSSR count). The average molecular weight is 352 g/mol. The number of hydrogen-bond acceptors (Lipinski definition) is 2. The molecule has 0 atom stereocenters. The predicted octanol–water partition coefficient (Wildman–Crippen LogP) is 5.89. The lowest BCUT2D eigenvalue weighted by molar-refractivity contribution is 0.459. The zero-order chi connectivity index (χ0) is 18.8. The largest absolute Gasteiger partial charge is 0.508 e. The molecule has 0 spiro atoms. The van der Waals surface area contributed by atoms with E-state index in [1.165, 1.54) is 22.3 Å². The molecule has 0 saturated heterocycles. The van der Waals surface area contributed by atoms with E-state index < -0.39 is 5.41 Å². The van der Waals surface area contributed by atoms with Gasteiger partial charge in [-0.3, -0.25) is 0 Å². The SMILES string of the molecule is Cc1ccc2cc(O)c(C3(C)c4ccccc4-c4ccccc43)cc2c1O. The Balaban J connectivity index is 1.89. The van der Waals surface area contributed by atoms with Gasteiger partial charge in [-0.05, 0) is 59.2 Å². The minimum Gasteiger partial charge on any atom is -0.508 e. The number of aryl methyl sites for hydroxylation is 1. The Morgan fingerprint density at radius 2 is 1.30 bits per heavy atom. The summed E-state index contributed by atoms with van der Waals surface area (Å²) >= 11 is 0. The van der Waals surface area contributed by atoms with Gasteiger partial charge >= 0.3 is 0 Å². The van der Waals surface area contributed by atoms with Gasteiger partial charge in [-0.1, -0.05) is 60.7 Å². The van der Waals surface area contributed by atoms with Crippen molar-refractivity contribution < 1.29 is 10.2 Å². The summed E-state index contributed by atoms with van der Waals surface area (Å²) < 4.78 is 0. The Kier molecular flexibility index (Phi) is 3.17. The normalized spacial score (nSPS) is 14.1. The summed E-state index contributed by atoms with van der Waals surface area (Å²) in [6.45, 7) is 4.05. The minimum atomic E-state index is -0.484. The second-order valence-corrected chi connectivity index (χ2v) is 7.54. The summed E-state index contributed by atoms with van der Waals surface area (Å²) in [5, 5.41) is 23.2. The zero-order valence-corrected chi connectivity index (χ0v) is 15.3. The number of hydrogen-bond donors (Lipinski definition) is 2. The van der Waals surface area contributed by atoms with Gasteiger partial charge in [-0.2, -0.15) is 0 Å². The fourth-order valence-electron chi connectivity index (χ4n) is 4.60. The van der Waals surface area contributed by atoms with Crippen LogP contribution in [0, 0.1) is 6.92 Å². The van der Waals surface area contributed by atoms with E-state index in [1.807, 2.05) is 37.3 Å². The topological polar surface area (TPSA) is 40.5 Å². The maximum atomic E-state index is 11.0. The summed E-state index contributed by atoms with van der Waals surface area (Å²) in [5.74, 6) is 0.525. The molecular weight excluding hydrogens is 332 g/mol. The monoisotopic (exact) mass is 352 g/mol. The molecule has 0 bridgehead atoms. The molecule has 1 aliphatic rings. The van der Waals surface area contributed by atoms with Gasteiger partial charge in [0.2, 0.25) is 0 Å². The standard InChI is InChI=1S/C25H20O2/c1-15-11-12-16-13-23(26)22(14-19(16)24(15)27)25(2)20-9-5-3-7-17(20)18-8-4-6-10-21(18)25/h3-14,26-27H,1-2H3. The molecule has 0 aliphatic heterocycles. The van der Waals surface area contributed by atoms with Crippen LogP contribution in [0.15, 0.2) is 72.8 Å². The van der Waals surface area contributed by atoms with E-state index in [0.29, 0.717) is 0 Å². The molecule has 27 heavy (non-hydrogen) atoms. The Bertz CT molecular complexity index is 1170. The van der Waals surface area contributed by atoms with Crippen molar-refractivity contribution in [2.24, 2.45) is 0 Å². The molecule has 4 aromatic rings. The molecule has 2 N–H and O–H groups in total. The van der Waals surface area contributed by atoms with Crippen molar-refractivity contribution in [1.29, 1.82) is 0 Å². The molecule has 2 heteroatoms. The van der Waals surface area contributed by atoms with Gasteiger partial charge in [0.25, 0.3) is 0 Å². The van der Waals surface area contributed by atoms with E-state index >= 15 is 0 Å². The fourth-order valence-corrected chi connectivity index (χ4v) is 4.60. The lowest BCUT2D eigenvalue weighted by atomic mass is 9.73. The van der Waals surface area contributed by atoms with Crippen molar-refractivity contribution in [3.05, 3.63) is 95.1 Å². The van der Waals surface area contributed by atoms with Crippen molar-refractivity contribution in [3.8, 4) is 22.6 Å². The lowest BCUT2D eigenvalue weighted by Gasteiger charge is -2.29. The van der Waals surface area contributed by atoms with Gasteiger partial charge < -0.3 is 10.2 Å². The smallest absolute Gasteiger partial charge is 0.126 e. The van der Waals surface area contributed by atoms with E-state index in [9.17, 15) is 10.2 Å². The van der Waals surface area contributed by atoms with Gasteiger partial charge in [0.05, 0.1) is 0 Å². The maximum Gasteiger partial charge on any atom is 0.126 e. The van der Waals surface area contributed by atoms with Gasteiger partial charge in [-0.25, -0.2) is 0 Å². The summed E-state index contributed by atoms with van der Waals surface area (Å²) in [4.78, 5) is 0. The van der Waals surface area contributed by atoms with Crippen LogP contribution in [0.4, 0.5) is 0 Å². The minimum absolute atomic E-state index is 0.250. The van der Waals surface area contributed by atoms with E-state index in [0.717, 1.165) is 21.9 Å². The first kappa shape index (κ1) is 16.0. The molecule has 2 nitrogen and oxygen atoms in total. The first-order chi connectivity index (χ1) is 13.0. The highest BCUT2D eigenvalue weighted by molar-refractivity contribution is 5.93. The van der Waals surface area contributed by atoms with Crippen LogP contribution >= 0.6 is 0 Å². The molecule has 0 heterocycles. The predicted molar refractivity (Wildman–Crippen MR) is 109 cm³/mol. The van der Waals surface area contributed by atoms with Crippen LogP contribution in [0.3, 0.4) is 0 Å². The second kappa shape index (κ2) is 5.37. The van der Waals surface area contributed by atoms with Crippen LogP contribution in [0.1, 0.15) is 29.2 Å². The number of phenolic OH excluding ortho intramolecular Hbond substituents is 2. The molecule has 132 valence electrons. The molecule has 0 radical (unpaired) electrons. The first-order valence-corrected chi connectivity index (χ1v) is 9.17. The number of benzene rings is 4. The highest BCUT2D eigenvalue weighted by Crippen LogP contribution is 2.54. The van der Waals surface area contributed by atoms with Crippen molar-refractivity contribution in [2.45, 2.75) is 19.3 Å². The van der Waals surface area contributed by atoms with Crippen molar-refractivity contribution in [2.75, 3.05) is 0 Å². The quantitative estimate of drug-likeness (QED) is 0.448. The molecule has 0 saturated carbocycles. The third kappa shape index (κ3) is 2.01. The Labute approximate surface area is 158 Å². The fraction of sp³-hybridized carbons (Fsp3) is 0.120. The van der Waals surface area contributed by atoms with Crippen LogP contribution < -0.4 is 0 Å². The maximum absolute atomic E-state index is 11.0. The van der Waals surface area contributed by atoms with Crippen LogP contribution in [-0.2, 0) is 5.41 Å². The number of aromatic hydroxyl groups is 2. The first-order valence-electron chi connectivity index (χ1n) is 9.17. The zero-order valence-electron chi connectivity index (χ0n) is 15.3. The summed E-state index contributed by atoms with van der Waals surface area (Å²) in [7, 11) is 0. The van der Waals surface area contributed by atoms with Crippen molar-refractivity contribution >= 4 is 10.8 Å². The molecule has 0 unspecified atom stereocenters. The summed E-state index contributed by atoms with van der Waals surface area (Å²) in [5.41, 5.74) is 5.90. The third-order valence-corrected chi connectivity index (χ3v) is 6.07. The molecule has 0 amide bonds. The average Bonchev–Trinajstić information content (AvgIpc) is 2.95. The second-order valence-electron chi connectivity index (χ2n) is 7.54. The van der Waals surface area contributed by atoms with Gasteiger partial charge in [-0.15, -0.1) is 0 Å². The molecule has 4 aromatic carbocycles. The highest BCUT2D eigenvalue weighted by atomic mass is 16.3. The van der Waals surface area contributed by atoms with Crippen molar-refractivity contribution in [3.63, 3.8) is 0 Å². The van der Waals surface area contributed by atoms with Crippen LogP contribution in [-0.4, -0.2) is 10.2 Å². The van der Waals surface area contributed by atoms with Crippen LogP contribution in [0.2, 0.25) is 0 Å². The Morgan fingerprint density at radius 3 is 1.93 bits per heavy atom. The summed E-state index contributed by atoms with van der Waals surface area (Å²) in [6.07, 6.45) is 0. The number of rotatable bonds is 1. The molecule has 1 aliphatic carbocycles. The third-order valence-electron chi connectivity index (χ3n) is 6.07. The highest BCUT2D eigenvalue weighted by Gasteiger charge is 2.42. The van der Waals surface area contributed by atoms with Crippen molar-refractivity contribution in [1.82, 2.24) is 0 Å². The van der Waals surface area contributed by atoms with Crippen LogP contribution in [0.25, 0.3) is 21.9 Å². The number of phenols is 2. The summed E-state index contributed by atoms with van der Waals surface area (Å²) in [6, 6.07) is 24.3. The van der Waals surface area contributed by atoms with Gasteiger partial charge in [0, 0.05) is 16.4 Å². The van der Waals surface area contributed by atoms with Crippen LogP contribution in [0.5, 0.6) is 11.5 Å². The van der Waals surface area contributed by atoms with E-state index in [2.05, 4.69) is 43.3 Å². The van der Waals surface area contributed by atoms with Gasteiger partial charge in [0.1, 0.15) is 11.5 Å². The van der Waals surface area contributed by atoms with E-state index in [-0.39, 0.29) is 11.5 Å². The van der Waals surface area contributed by atoms with E-state index in [4.69, 9.17) is 0 Å². The molecular formula is C25H20O2. The van der Waals surface area contributed by atoms with E-state index in [1.54, 1.807) is 6.07 Å². The molecule has 0 fully saturated rings. The Hall–Kier alpha value is -3.26. The lowest BCUT2D eigenvalue weighted by Crippen LogP contribution is -2.22.